The van der Waals surface area contributed by atoms with E-state index < -0.39 is 0 Å². The van der Waals surface area contributed by atoms with Crippen LogP contribution in [0.25, 0.3) is 0 Å². The molecule has 1 aromatic heterocycles. The zero-order valence-corrected chi connectivity index (χ0v) is 10.5. The molecule has 1 aromatic carbocycles. The van der Waals surface area contributed by atoms with Crippen molar-refractivity contribution < 1.29 is 4.79 Å². The third-order valence-corrected chi connectivity index (χ3v) is 3.76. The summed E-state index contributed by atoms with van der Waals surface area (Å²) in [5.41, 5.74) is 1.59. The van der Waals surface area contributed by atoms with Gasteiger partial charge < -0.3 is 0 Å². The number of nitrogens with zero attached hydrogens (tertiary/aromatic N) is 2. The van der Waals surface area contributed by atoms with E-state index in [2.05, 4.69) is 17.2 Å². The maximum atomic E-state index is 12.7. The molecule has 0 aliphatic heterocycles. The molecule has 92 valence electrons. The molecule has 0 unspecified atom stereocenters. The van der Waals surface area contributed by atoms with Gasteiger partial charge in [-0.3, -0.25) is 9.48 Å². The van der Waals surface area contributed by atoms with Gasteiger partial charge in [0.25, 0.3) is 0 Å². The third-order valence-electron chi connectivity index (χ3n) is 3.76. The number of hydrogen-bond donors (Lipinski definition) is 0. The Bertz CT molecular complexity index is 567. The van der Waals surface area contributed by atoms with E-state index in [1.54, 1.807) is 10.9 Å². The number of benzene rings is 1. The predicted octanol–water partition coefficient (Wildman–Crippen LogP) is 2.82. The summed E-state index contributed by atoms with van der Waals surface area (Å²) in [7, 11) is 0. The molecule has 1 aliphatic rings. The number of carbonyl (C=O) groups excluding carboxylic acids is 1. The molecule has 0 bridgehead atoms. The lowest BCUT2D eigenvalue weighted by Gasteiger charge is -2.15. The average molecular weight is 240 g/mol. The van der Waals surface area contributed by atoms with E-state index in [0.717, 1.165) is 30.6 Å². The van der Waals surface area contributed by atoms with Crippen molar-refractivity contribution in [2.24, 2.45) is 0 Å². The average Bonchev–Trinajstić information content (AvgIpc) is 3.10. The van der Waals surface area contributed by atoms with Crippen LogP contribution >= 0.6 is 0 Å². The molecule has 0 amide bonds. The maximum Gasteiger partial charge on any atom is 0.191 e. The van der Waals surface area contributed by atoms with Crippen LogP contribution in [-0.2, 0) is 12.0 Å². The number of hydrogen-bond acceptors (Lipinski definition) is 2. The number of aryl methyl sites for hydroxylation is 1. The molecule has 3 rings (SSSR count). The van der Waals surface area contributed by atoms with Gasteiger partial charge in [0.15, 0.2) is 5.78 Å². The molecule has 1 heterocycles. The number of carbonyl (C=O) groups is 1. The Morgan fingerprint density at radius 1 is 1.28 bits per heavy atom. The summed E-state index contributed by atoms with van der Waals surface area (Å²) in [4.78, 5) is 12.7. The monoisotopic (exact) mass is 240 g/mol. The van der Waals surface area contributed by atoms with Gasteiger partial charge >= 0.3 is 0 Å². The first kappa shape index (κ1) is 11.2. The van der Waals surface area contributed by atoms with E-state index in [9.17, 15) is 4.79 Å². The second kappa shape index (κ2) is 4.09. The topological polar surface area (TPSA) is 34.9 Å². The van der Waals surface area contributed by atoms with Gasteiger partial charge in [0.05, 0.1) is 5.41 Å². The third kappa shape index (κ3) is 1.58. The lowest BCUT2D eigenvalue weighted by Crippen LogP contribution is -2.23. The van der Waals surface area contributed by atoms with Crippen molar-refractivity contribution in [1.82, 2.24) is 9.78 Å². The van der Waals surface area contributed by atoms with Crippen molar-refractivity contribution in [1.29, 1.82) is 0 Å². The van der Waals surface area contributed by atoms with Gasteiger partial charge in [-0.05, 0) is 31.4 Å². The van der Waals surface area contributed by atoms with Gasteiger partial charge in [-0.25, -0.2) is 0 Å². The molecule has 3 heteroatoms. The van der Waals surface area contributed by atoms with Crippen LogP contribution < -0.4 is 0 Å². The van der Waals surface area contributed by atoms with Crippen molar-refractivity contribution in [3.05, 3.63) is 53.9 Å². The Labute approximate surface area is 106 Å². The van der Waals surface area contributed by atoms with Crippen LogP contribution in [0.15, 0.2) is 42.6 Å². The molecule has 1 saturated carbocycles. The summed E-state index contributed by atoms with van der Waals surface area (Å²) in [6, 6.07) is 11.9. The molecule has 1 aliphatic carbocycles. The van der Waals surface area contributed by atoms with Gasteiger partial charge in [0.1, 0.15) is 5.69 Å². The van der Waals surface area contributed by atoms with Crippen LogP contribution in [0.4, 0.5) is 0 Å². The fraction of sp³-hybridized carbons (Fsp3) is 0.333. The second-order valence-electron chi connectivity index (χ2n) is 4.81. The highest BCUT2D eigenvalue weighted by Crippen LogP contribution is 2.50. The molecule has 3 nitrogen and oxygen atoms in total. The van der Waals surface area contributed by atoms with E-state index in [0.29, 0.717) is 0 Å². The first-order valence-electron chi connectivity index (χ1n) is 6.40. The highest BCUT2D eigenvalue weighted by molar-refractivity contribution is 6.05. The highest BCUT2D eigenvalue weighted by Gasteiger charge is 2.51. The molecular formula is C15H16N2O. The van der Waals surface area contributed by atoms with Crippen LogP contribution in [0, 0.1) is 0 Å². The van der Waals surface area contributed by atoms with Crippen molar-refractivity contribution in [2.45, 2.75) is 31.7 Å². The van der Waals surface area contributed by atoms with Crippen LogP contribution in [0.5, 0.6) is 0 Å². The molecule has 1 fully saturated rings. The van der Waals surface area contributed by atoms with Gasteiger partial charge in [0, 0.05) is 12.7 Å². The SMILES string of the molecule is CCn1nccc1C(=O)C1(c2ccccc2)CC1. The van der Waals surface area contributed by atoms with E-state index in [4.69, 9.17) is 0 Å². The minimum absolute atomic E-state index is 0.216. The Balaban J connectivity index is 1.98. The van der Waals surface area contributed by atoms with Crippen molar-refractivity contribution in [3.63, 3.8) is 0 Å². The van der Waals surface area contributed by atoms with Gasteiger partial charge in [0.2, 0.25) is 0 Å². The fourth-order valence-corrected chi connectivity index (χ4v) is 2.55. The quantitative estimate of drug-likeness (QED) is 0.770. The standard InChI is InChI=1S/C15H16N2O/c1-2-17-13(8-11-16-17)14(18)15(9-10-15)12-6-4-3-5-7-12/h3-8,11H,2,9-10H2,1H3. The zero-order valence-electron chi connectivity index (χ0n) is 10.5. The molecular weight excluding hydrogens is 224 g/mol. The van der Waals surface area contributed by atoms with Crippen LogP contribution in [-0.4, -0.2) is 15.6 Å². The zero-order chi connectivity index (χ0) is 12.6. The van der Waals surface area contributed by atoms with Crippen molar-refractivity contribution in [3.8, 4) is 0 Å². The smallest absolute Gasteiger partial charge is 0.191 e. The lowest BCUT2D eigenvalue weighted by molar-refractivity contribution is 0.0935. The minimum Gasteiger partial charge on any atom is -0.291 e. The summed E-state index contributed by atoms with van der Waals surface area (Å²) >= 11 is 0. The van der Waals surface area contributed by atoms with E-state index >= 15 is 0 Å². The van der Waals surface area contributed by atoms with Gasteiger partial charge in [-0.1, -0.05) is 30.3 Å². The second-order valence-corrected chi connectivity index (χ2v) is 4.81. The normalized spacial score (nSPS) is 16.5. The Morgan fingerprint density at radius 2 is 2.00 bits per heavy atom. The number of ketones is 1. The molecule has 18 heavy (non-hydrogen) atoms. The molecule has 0 spiro atoms. The number of Topliss-reactive ketones (excluding diaryl/α,β-unsaturated/α-hetero) is 1. The summed E-state index contributed by atoms with van der Waals surface area (Å²) in [6.45, 7) is 2.74. The summed E-state index contributed by atoms with van der Waals surface area (Å²) < 4.78 is 1.78. The van der Waals surface area contributed by atoms with Crippen LogP contribution in [0.3, 0.4) is 0 Å². The number of rotatable bonds is 4. The summed E-state index contributed by atoms with van der Waals surface area (Å²) in [5.74, 6) is 0.216. The van der Waals surface area contributed by atoms with Gasteiger partial charge in [-0.15, -0.1) is 0 Å². The largest absolute Gasteiger partial charge is 0.291 e. The highest BCUT2D eigenvalue weighted by atomic mass is 16.1. The molecule has 0 radical (unpaired) electrons. The van der Waals surface area contributed by atoms with E-state index in [-0.39, 0.29) is 11.2 Å². The lowest BCUT2D eigenvalue weighted by atomic mass is 9.89. The van der Waals surface area contributed by atoms with E-state index in [1.165, 1.54) is 0 Å². The molecule has 2 aromatic rings. The Morgan fingerprint density at radius 3 is 2.61 bits per heavy atom. The Hall–Kier alpha value is -1.90. The molecule has 0 N–H and O–H groups in total. The molecule has 0 saturated heterocycles. The van der Waals surface area contributed by atoms with Crippen molar-refractivity contribution in [2.75, 3.05) is 0 Å². The Kier molecular flexibility index (Phi) is 2.54. The van der Waals surface area contributed by atoms with Crippen LogP contribution in [0.2, 0.25) is 0 Å². The summed E-state index contributed by atoms with van der Waals surface area (Å²) in [6.07, 6.45) is 3.60. The van der Waals surface area contributed by atoms with E-state index in [1.807, 2.05) is 31.2 Å². The first-order chi connectivity index (χ1) is 8.78. The van der Waals surface area contributed by atoms with Crippen molar-refractivity contribution >= 4 is 5.78 Å². The van der Waals surface area contributed by atoms with Gasteiger partial charge in [-0.2, -0.15) is 5.10 Å². The maximum absolute atomic E-state index is 12.7. The first-order valence-corrected chi connectivity index (χ1v) is 6.40. The molecule has 0 atom stereocenters. The van der Waals surface area contributed by atoms with Crippen LogP contribution in [0.1, 0.15) is 35.8 Å². The predicted molar refractivity (Wildman–Crippen MR) is 69.6 cm³/mol. The fourth-order valence-electron chi connectivity index (χ4n) is 2.55. The summed E-state index contributed by atoms with van der Waals surface area (Å²) in [5, 5.41) is 4.19. The minimum atomic E-state index is -0.284. The number of aromatic nitrogens is 2.